The molecule has 0 spiro atoms. The molecule has 0 fully saturated rings. The zero-order chi connectivity index (χ0) is 14.8. The van der Waals surface area contributed by atoms with Gasteiger partial charge in [0.05, 0.1) is 18.4 Å². The van der Waals surface area contributed by atoms with Crippen molar-refractivity contribution < 1.29 is 4.74 Å². The number of ether oxygens (including phenoxy) is 1. The molecule has 0 bridgehead atoms. The first-order valence-corrected chi connectivity index (χ1v) is 7.81. The molecule has 2 aromatic carbocycles. The van der Waals surface area contributed by atoms with Gasteiger partial charge in [0, 0.05) is 11.4 Å². The Bertz CT molecular complexity index is 766. The number of rotatable bonds is 4. The number of nitrogens with zero attached hydrogens (tertiary/aromatic N) is 1. The van der Waals surface area contributed by atoms with E-state index in [-0.39, 0.29) is 6.04 Å². The van der Waals surface area contributed by atoms with Crippen molar-refractivity contribution in [2.75, 3.05) is 14.2 Å². The van der Waals surface area contributed by atoms with Crippen molar-refractivity contribution in [1.82, 2.24) is 10.3 Å². The van der Waals surface area contributed by atoms with Crippen molar-refractivity contribution in [3.8, 4) is 16.3 Å². The second kappa shape index (κ2) is 5.84. The minimum absolute atomic E-state index is 0.246. The lowest BCUT2D eigenvalue weighted by Crippen LogP contribution is -2.12. The van der Waals surface area contributed by atoms with Crippen LogP contribution in [0.3, 0.4) is 0 Å². The fourth-order valence-corrected chi connectivity index (χ4v) is 3.37. The summed E-state index contributed by atoms with van der Waals surface area (Å²) in [5.74, 6) is 0.867. The summed E-state index contributed by atoms with van der Waals surface area (Å²) < 4.78 is 5.55. The van der Waals surface area contributed by atoms with Crippen molar-refractivity contribution in [2.24, 2.45) is 0 Å². The van der Waals surface area contributed by atoms with Crippen LogP contribution in [0.2, 0.25) is 0 Å². The van der Waals surface area contributed by atoms with Gasteiger partial charge in [-0.25, -0.2) is 4.98 Å². The summed E-state index contributed by atoms with van der Waals surface area (Å²) in [6, 6.07) is 12.7. The fourth-order valence-electron chi connectivity index (χ4n) is 2.39. The molecule has 0 amide bonds. The summed E-state index contributed by atoms with van der Waals surface area (Å²) in [6.45, 7) is 2.11. The maximum atomic E-state index is 5.55. The predicted molar refractivity (Wildman–Crippen MR) is 89.1 cm³/mol. The molecule has 0 aliphatic carbocycles. The van der Waals surface area contributed by atoms with E-state index in [0.29, 0.717) is 0 Å². The van der Waals surface area contributed by atoms with Crippen LogP contribution in [-0.4, -0.2) is 19.1 Å². The summed E-state index contributed by atoms with van der Waals surface area (Å²) >= 11 is 1.66. The van der Waals surface area contributed by atoms with Crippen molar-refractivity contribution >= 4 is 22.1 Å². The van der Waals surface area contributed by atoms with Crippen LogP contribution in [0.4, 0.5) is 0 Å². The van der Waals surface area contributed by atoms with E-state index in [1.807, 2.05) is 13.1 Å². The topological polar surface area (TPSA) is 34.1 Å². The van der Waals surface area contributed by atoms with E-state index in [0.717, 1.165) is 22.0 Å². The Labute approximate surface area is 128 Å². The van der Waals surface area contributed by atoms with E-state index in [9.17, 15) is 0 Å². The fraction of sp³-hybridized carbons (Fsp3) is 0.235. The molecule has 1 heterocycles. The smallest absolute Gasteiger partial charge is 0.129 e. The third kappa shape index (κ3) is 2.52. The Hall–Kier alpha value is -1.91. The van der Waals surface area contributed by atoms with Gasteiger partial charge < -0.3 is 10.1 Å². The van der Waals surface area contributed by atoms with Crippen LogP contribution < -0.4 is 10.1 Å². The third-order valence-electron chi connectivity index (χ3n) is 3.72. The Morgan fingerprint density at radius 1 is 1.19 bits per heavy atom. The first kappa shape index (κ1) is 14.0. The lowest BCUT2D eigenvalue weighted by Gasteiger charge is -2.10. The zero-order valence-electron chi connectivity index (χ0n) is 12.4. The van der Waals surface area contributed by atoms with Crippen LogP contribution in [0.25, 0.3) is 21.3 Å². The highest BCUT2D eigenvalue weighted by Crippen LogP contribution is 2.39. The molecule has 1 unspecified atom stereocenters. The van der Waals surface area contributed by atoms with Gasteiger partial charge in [-0.05, 0) is 30.8 Å². The summed E-state index contributed by atoms with van der Waals surface area (Å²) in [5.41, 5.74) is 2.14. The quantitative estimate of drug-likeness (QED) is 0.782. The van der Waals surface area contributed by atoms with Crippen LogP contribution in [-0.2, 0) is 0 Å². The Morgan fingerprint density at radius 2 is 2.00 bits per heavy atom. The van der Waals surface area contributed by atoms with Gasteiger partial charge in [0.15, 0.2) is 0 Å². The summed E-state index contributed by atoms with van der Waals surface area (Å²) in [7, 11) is 3.65. The monoisotopic (exact) mass is 298 g/mol. The largest absolute Gasteiger partial charge is 0.496 e. The van der Waals surface area contributed by atoms with E-state index < -0.39 is 0 Å². The third-order valence-corrected chi connectivity index (χ3v) is 4.60. The van der Waals surface area contributed by atoms with Crippen LogP contribution in [0, 0.1) is 0 Å². The number of hydrogen-bond acceptors (Lipinski definition) is 4. The minimum atomic E-state index is 0.246. The Balaban J connectivity index is 2.20. The first-order valence-electron chi connectivity index (χ1n) is 6.93. The summed E-state index contributed by atoms with van der Waals surface area (Å²) in [5, 5.41) is 8.71. The molecule has 0 aliphatic rings. The lowest BCUT2D eigenvalue weighted by atomic mass is 10.0. The van der Waals surface area contributed by atoms with Crippen LogP contribution in [0.1, 0.15) is 18.7 Å². The minimum Gasteiger partial charge on any atom is -0.496 e. The van der Waals surface area contributed by atoms with Crippen LogP contribution >= 0.6 is 11.3 Å². The SMILES string of the molecule is CNC(C)c1csc(-c2c(OC)ccc3ccccc23)n1. The highest BCUT2D eigenvalue weighted by Gasteiger charge is 2.15. The maximum Gasteiger partial charge on any atom is 0.129 e. The van der Waals surface area contributed by atoms with Crippen molar-refractivity contribution in [2.45, 2.75) is 13.0 Å². The molecule has 1 N–H and O–H groups in total. The molecule has 3 nitrogen and oxygen atoms in total. The molecular weight excluding hydrogens is 280 g/mol. The summed E-state index contributed by atoms with van der Waals surface area (Å²) in [4.78, 5) is 4.79. The molecule has 108 valence electrons. The van der Waals surface area contributed by atoms with E-state index in [1.165, 1.54) is 10.8 Å². The van der Waals surface area contributed by atoms with Gasteiger partial charge in [-0.15, -0.1) is 11.3 Å². The van der Waals surface area contributed by atoms with Gasteiger partial charge in [-0.3, -0.25) is 0 Å². The number of benzene rings is 2. The van der Waals surface area contributed by atoms with Gasteiger partial charge >= 0.3 is 0 Å². The predicted octanol–water partition coefficient (Wildman–Crippen LogP) is 4.25. The van der Waals surface area contributed by atoms with Crippen LogP contribution in [0.15, 0.2) is 41.8 Å². The second-order valence-electron chi connectivity index (χ2n) is 4.95. The highest BCUT2D eigenvalue weighted by molar-refractivity contribution is 7.13. The normalized spacial score (nSPS) is 12.5. The van der Waals surface area contributed by atoms with Crippen molar-refractivity contribution in [1.29, 1.82) is 0 Å². The van der Waals surface area contributed by atoms with E-state index in [2.05, 4.69) is 48.0 Å². The number of nitrogens with one attached hydrogen (secondary N) is 1. The zero-order valence-corrected chi connectivity index (χ0v) is 13.2. The summed E-state index contributed by atoms with van der Waals surface area (Å²) in [6.07, 6.45) is 0. The average molecular weight is 298 g/mol. The Kier molecular flexibility index (Phi) is 3.90. The molecular formula is C17H18N2OS. The molecule has 0 radical (unpaired) electrons. The number of hydrogen-bond donors (Lipinski definition) is 1. The maximum absolute atomic E-state index is 5.55. The van der Waals surface area contributed by atoms with Gasteiger partial charge in [-0.2, -0.15) is 0 Å². The molecule has 3 aromatic rings. The van der Waals surface area contributed by atoms with Gasteiger partial charge in [0.2, 0.25) is 0 Å². The van der Waals surface area contributed by atoms with Crippen LogP contribution in [0.5, 0.6) is 5.75 Å². The van der Waals surface area contributed by atoms with E-state index in [1.54, 1.807) is 18.4 Å². The highest BCUT2D eigenvalue weighted by atomic mass is 32.1. The molecule has 3 rings (SSSR count). The standard InChI is InChI=1S/C17H18N2OS/c1-11(18-2)14-10-21-17(19-14)16-13-7-5-4-6-12(13)8-9-15(16)20-3/h4-11,18H,1-3H3. The number of fused-ring (bicyclic) bond motifs is 1. The molecule has 1 atom stereocenters. The van der Waals surface area contributed by atoms with Gasteiger partial charge in [0.1, 0.15) is 10.8 Å². The Morgan fingerprint density at radius 3 is 2.76 bits per heavy atom. The van der Waals surface area contributed by atoms with Gasteiger partial charge in [-0.1, -0.05) is 30.3 Å². The molecule has 0 saturated carbocycles. The number of methoxy groups -OCH3 is 1. The van der Waals surface area contributed by atoms with Gasteiger partial charge in [0.25, 0.3) is 0 Å². The lowest BCUT2D eigenvalue weighted by molar-refractivity contribution is 0.417. The van der Waals surface area contributed by atoms with Crippen molar-refractivity contribution in [3.63, 3.8) is 0 Å². The van der Waals surface area contributed by atoms with E-state index in [4.69, 9.17) is 9.72 Å². The molecule has 0 aliphatic heterocycles. The van der Waals surface area contributed by atoms with E-state index >= 15 is 0 Å². The number of aromatic nitrogens is 1. The molecule has 1 aromatic heterocycles. The first-order chi connectivity index (χ1) is 10.2. The second-order valence-corrected chi connectivity index (χ2v) is 5.81. The molecule has 4 heteroatoms. The average Bonchev–Trinajstić information content (AvgIpc) is 3.02. The molecule has 0 saturated heterocycles. The number of thiazole rings is 1. The molecule has 21 heavy (non-hydrogen) atoms. The van der Waals surface area contributed by atoms with Crippen molar-refractivity contribution in [3.05, 3.63) is 47.5 Å².